The quantitative estimate of drug-likeness (QED) is 0.449. The Balaban J connectivity index is 3.05. The predicted molar refractivity (Wildman–Crippen MR) is 130 cm³/mol. The van der Waals surface area contributed by atoms with Crippen LogP contribution in [0.5, 0.6) is 0 Å². The zero-order valence-corrected chi connectivity index (χ0v) is 19.8. The molecule has 0 saturated carbocycles. The third kappa shape index (κ3) is 3.02. The van der Waals surface area contributed by atoms with Crippen molar-refractivity contribution in [1.82, 2.24) is 4.90 Å². The lowest BCUT2D eigenvalue weighted by atomic mass is 10.2. The predicted octanol–water partition coefficient (Wildman–Crippen LogP) is 6.40. The van der Waals surface area contributed by atoms with Gasteiger partial charge in [0.05, 0.1) is 0 Å². The normalized spacial score (nSPS) is 13.4. The van der Waals surface area contributed by atoms with Gasteiger partial charge in [-0.05, 0) is 29.2 Å². The van der Waals surface area contributed by atoms with Crippen LogP contribution in [0.25, 0.3) is 0 Å². The highest BCUT2D eigenvalue weighted by Gasteiger charge is 2.60. The van der Waals surface area contributed by atoms with Gasteiger partial charge in [0.15, 0.2) is 5.12 Å². The van der Waals surface area contributed by atoms with E-state index in [9.17, 15) is 4.79 Å². The maximum absolute atomic E-state index is 14.6. The summed E-state index contributed by atoms with van der Waals surface area (Å²) in [5.41, 5.74) is 0.760. The first-order valence-corrected chi connectivity index (χ1v) is 13.0. The minimum atomic E-state index is -3.45. The molecule has 2 aromatic carbocycles. The average Bonchev–Trinajstić information content (AvgIpc) is 2.70. The van der Waals surface area contributed by atoms with E-state index in [1.807, 2.05) is 48.5 Å². The summed E-state index contributed by atoms with van der Waals surface area (Å²) >= 11 is 6.29. The Labute approximate surface area is 176 Å². The minimum Gasteiger partial charge on any atom is -0.360 e. The van der Waals surface area contributed by atoms with Gasteiger partial charge in [-0.3, -0.25) is 4.79 Å². The Hall–Kier alpha value is -1.65. The molecule has 4 heteroatoms. The molecule has 0 amide bonds. The van der Waals surface area contributed by atoms with Crippen molar-refractivity contribution in [3.8, 4) is 0 Å². The maximum atomic E-state index is 14.6. The Morgan fingerprint density at radius 3 is 1.75 bits per heavy atom. The van der Waals surface area contributed by atoms with Crippen LogP contribution in [0.3, 0.4) is 0 Å². The van der Waals surface area contributed by atoms with Crippen molar-refractivity contribution in [3.05, 3.63) is 66.2 Å². The molecule has 2 aromatic rings. The van der Waals surface area contributed by atoms with Crippen molar-refractivity contribution in [1.29, 1.82) is 0 Å². The monoisotopic (exact) mass is 417 g/mol. The van der Waals surface area contributed by atoms with Crippen molar-refractivity contribution < 1.29 is 4.79 Å². The number of hydrogen-bond acceptors (Lipinski definition) is 2. The van der Waals surface area contributed by atoms with Crippen LogP contribution in [0, 0.1) is 0 Å². The summed E-state index contributed by atoms with van der Waals surface area (Å²) in [5, 5.41) is 0.213. The fraction of sp³-hybridized carbons (Fsp3) is 0.417. The van der Waals surface area contributed by atoms with Gasteiger partial charge in [0.1, 0.15) is 4.32 Å². The van der Waals surface area contributed by atoms with E-state index in [4.69, 9.17) is 12.2 Å². The second-order valence-corrected chi connectivity index (χ2v) is 14.9. The second-order valence-electron chi connectivity index (χ2n) is 8.25. The average molecular weight is 418 g/mol. The molecule has 0 aliphatic rings. The first-order valence-electron chi connectivity index (χ1n) is 10.2. The molecule has 154 valence electrons. The van der Waals surface area contributed by atoms with E-state index in [1.54, 1.807) is 0 Å². The fourth-order valence-corrected chi connectivity index (χ4v) is 13.6. The minimum absolute atomic E-state index is 0.213. The third-order valence-corrected chi connectivity index (χ3v) is 15.8. The van der Waals surface area contributed by atoms with Crippen LogP contribution in [-0.4, -0.2) is 37.9 Å². The number of nitrogens with zero attached hydrogens (tertiary/aromatic N) is 1. The number of carbonyl (C=O) groups is 1. The van der Waals surface area contributed by atoms with Gasteiger partial charge in [-0.1, -0.05) is 101 Å². The molecule has 0 spiro atoms. The summed E-state index contributed by atoms with van der Waals surface area (Å²) in [6, 6.07) is 20.1. The van der Waals surface area contributed by atoms with Crippen molar-refractivity contribution in [2.24, 2.45) is 0 Å². The number of thiol groups is 1. The second kappa shape index (κ2) is 8.38. The van der Waals surface area contributed by atoms with E-state index >= 15 is 0 Å². The molecule has 0 aliphatic heterocycles. The van der Waals surface area contributed by atoms with E-state index in [0.29, 0.717) is 0 Å². The summed E-state index contributed by atoms with van der Waals surface area (Å²) < 4.78 is 0.542. The molecular weight excluding hydrogens is 382 g/mol. The SMILES string of the molecule is CCN(CC)C(=S)[SH](CC)(C(=O)c1ccccc1)(c1ccccc1)C(C)(C)C. The molecule has 0 heterocycles. The molecular formula is C24H35NOS2. The summed E-state index contributed by atoms with van der Waals surface area (Å²) in [4.78, 5) is 17.9. The van der Waals surface area contributed by atoms with Crippen LogP contribution in [0.1, 0.15) is 51.9 Å². The number of thiocarbonyl (C=S) groups is 1. The zero-order chi connectivity index (χ0) is 21.0. The topological polar surface area (TPSA) is 20.3 Å². The van der Waals surface area contributed by atoms with E-state index in [1.165, 1.54) is 0 Å². The molecule has 0 saturated heterocycles. The maximum Gasteiger partial charge on any atom is 0.197 e. The summed E-state index contributed by atoms with van der Waals surface area (Å²) in [6.45, 7) is 14.6. The Morgan fingerprint density at radius 1 is 0.893 bits per heavy atom. The van der Waals surface area contributed by atoms with Gasteiger partial charge in [-0.25, -0.2) is 0 Å². The third-order valence-electron chi connectivity index (χ3n) is 6.36. The first kappa shape index (κ1) is 22.6. The van der Waals surface area contributed by atoms with Crippen molar-refractivity contribution >= 4 is 30.8 Å². The summed E-state index contributed by atoms with van der Waals surface area (Å²) in [7, 11) is -3.45. The van der Waals surface area contributed by atoms with Gasteiger partial charge in [0.25, 0.3) is 0 Å². The molecule has 2 nitrogen and oxygen atoms in total. The largest absolute Gasteiger partial charge is 0.360 e. The highest BCUT2D eigenvalue weighted by molar-refractivity contribution is 8.73. The van der Waals surface area contributed by atoms with Crippen molar-refractivity contribution in [2.75, 3.05) is 18.8 Å². The highest BCUT2D eigenvalue weighted by atomic mass is 32.3. The molecule has 0 radical (unpaired) electrons. The Bertz CT molecular complexity index is 825. The zero-order valence-electron chi connectivity index (χ0n) is 18.1. The van der Waals surface area contributed by atoms with Crippen molar-refractivity contribution in [3.63, 3.8) is 0 Å². The van der Waals surface area contributed by atoms with Gasteiger partial charge in [-0.2, -0.15) is 9.16 Å². The standard InChI is InChI=1S/C24H35NOS2/c1-7-25(8-2)23(27)28(9-3,24(4,5)6,21-18-14-11-15-19-21)22(26)20-16-12-10-13-17-20/h10-19,28H,7-9H2,1-6H3. The molecule has 0 aromatic heterocycles. The van der Waals surface area contributed by atoms with E-state index < -0.39 is 9.16 Å². The van der Waals surface area contributed by atoms with Crippen LogP contribution in [0.15, 0.2) is 65.6 Å². The van der Waals surface area contributed by atoms with Gasteiger partial charge in [0, 0.05) is 18.7 Å². The Morgan fingerprint density at radius 2 is 1.36 bits per heavy atom. The van der Waals surface area contributed by atoms with Gasteiger partial charge in [-0.15, -0.1) is 0 Å². The van der Waals surface area contributed by atoms with Crippen LogP contribution < -0.4 is 0 Å². The first-order chi connectivity index (χ1) is 13.2. The van der Waals surface area contributed by atoms with Crippen LogP contribution in [0.4, 0.5) is 0 Å². The lowest BCUT2D eigenvalue weighted by molar-refractivity contribution is 0.107. The van der Waals surface area contributed by atoms with Gasteiger partial charge < -0.3 is 4.90 Å². The number of hydrogen-bond donors (Lipinski definition) is 1. The molecule has 0 atom stereocenters. The van der Waals surface area contributed by atoms with Crippen LogP contribution in [0.2, 0.25) is 0 Å². The lowest BCUT2D eigenvalue weighted by Gasteiger charge is -2.69. The van der Waals surface area contributed by atoms with Gasteiger partial charge >= 0.3 is 0 Å². The van der Waals surface area contributed by atoms with E-state index in [0.717, 1.165) is 33.6 Å². The summed E-state index contributed by atoms with van der Waals surface area (Å²) in [5.74, 6) is 0.724. The molecule has 0 N–H and O–H groups in total. The van der Waals surface area contributed by atoms with E-state index in [-0.39, 0.29) is 9.86 Å². The fourth-order valence-electron chi connectivity index (χ4n) is 4.66. The highest BCUT2D eigenvalue weighted by Crippen LogP contribution is 2.84. The molecule has 0 fully saturated rings. The molecule has 0 aliphatic carbocycles. The molecule has 2 rings (SSSR count). The summed E-state index contributed by atoms with van der Waals surface area (Å²) in [6.07, 6.45) is 0. The Kier molecular flexibility index (Phi) is 6.78. The smallest absolute Gasteiger partial charge is 0.197 e. The van der Waals surface area contributed by atoms with E-state index in [2.05, 4.69) is 58.6 Å². The van der Waals surface area contributed by atoms with Crippen LogP contribution in [-0.2, 0) is 0 Å². The number of benzene rings is 2. The number of rotatable bonds is 5. The van der Waals surface area contributed by atoms with Crippen LogP contribution >= 0.6 is 21.4 Å². The molecule has 28 heavy (non-hydrogen) atoms. The number of carbonyl (C=O) groups excluding carboxylic acids is 1. The molecule has 0 bridgehead atoms. The molecule has 0 unspecified atom stereocenters. The van der Waals surface area contributed by atoms with Crippen molar-refractivity contribution in [2.45, 2.75) is 51.2 Å². The van der Waals surface area contributed by atoms with Gasteiger partial charge in [0.2, 0.25) is 0 Å². The lowest BCUT2D eigenvalue weighted by Crippen LogP contribution is -2.54.